The number of halogens is 1. The maximum atomic E-state index is 12.2. The molecule has 0 saturated carbocycles. The molecule has 1 aromatic rings. The van der Waals surface area contributed by atoms with Crippen LogP contribution in [0.25, 0.3) is 0 Å². The molecule has 5 nitrogen and oxygen atoms in total. The predicted octanol–water partition coefficient (Wildman–Crippen LogP) is 1.41. The van der Waals surface area contributed by atoms with E-state index in [2.05, 4.69) is 15.9 Å². The van der Waals surface area contributed by atoms with Gasteiger partial charge in [0, 0.05) is 18.7 Å². The van der Waals surface area contributed by atoms with Crippen molar-refractivity contribution in [2.24, 2.45) is 0 Å². The third-order valence-electron chi connectivity index (χ3n) is 3.27. The Hall–Kier alpha value is -1.08. The van der Waals surface area contributed by atoms with Crippen LogP contribution >= 0.6 is 15.9 Å². The SMILES string of the molecule is CN(C(=O)c1ccc(Br)c(O)c1)C1CCS(=O)(=O)C1. The van der Waals surface area contributed by atoms with Crippen LogP contribution in [0, 0.1) is 0 Å². The minimum Gasteiger partial charge on any atom is -0.507 e. The Morgan fingerprint density at radius 3 is 2.68 bits per heavy atom. The summed E-state index contributed by atoms with van der Waals surface area (Å²) in [6.45, 7) is 0. The van der Waals surface area contributed by atoms with E-state index in [-0.39, 0.29) is 29.2 Å². The second kappa shape index (κ2) is 5.13. The molecule has 0 spiro atoms. The van der Waals surface area contributed by atoms with Crippen molar-refractivity contribution in [3.63, 3.8) is 0 Å². The molecule has 104 valence electrons. The number of rotatable bonds is 2. The number of phenols is 1. The monoisotopic (exact) mass is 347 g/mol. The molecule has 0 aliphatic carbocycles. The lowest BCUT2D eigenvalue weighted by atomic mass is 10.1. The van der Waals surface area contributed by atoms with Crippen molar-refractivity contribution in [1.82, 2.24) is 4.90 Å². The number of hydrogen-bond acceptors (Lipinski definition) is 4. The minimum atomic E-state index is -3.02. The van der Waals surface area contributed by atoms with Gasteiger partial charge in [-0.3, -0.25) is 4.79 Å². The van der Waals surface area contributed by atoms with E-state index in [9.17, 15) is 18.3 Å². The average Bonchev–Trinajstić information content (AvgIpc) is 2.71. The topological polar surface area (TPSA) is 74.7 Å². The Morgan fingerprint density at radius 1 is 1.47 bits per heavy atom. The summed E-state index contributed by atoms with van der Waals surface area (Å²) in [5, 5.41) is 9.57. The van der Waals surface area contributed by atoms with Crippen LogP contribution in [0.15, 0.2) is 22.7 Å². The molecule has 1 aromatic carbocycles. The van der Waals surface area contributed by atoms with Crippen LogP contribution < -0.4 is 0 Å². The van der Waals surface area contributed by atoms with Crippen molar-refractivity contribution in [3.8, 4) is 5.75 Å². The molecule has 1 aliphatic heterocycles. The van der Waals surface area contributed by atoms with Crippen LogP contribution in [-0.2, 0) is 9.84 Å². The lowest BCUT2D eigenvalue weighted by Crippen LogP contribution is -2.37. The summed E-state index contributed by atoms with van der Waals surface area (Å²) < 4.78 is 23.3. The first-order chi connectivity index (χ1) is 8.80. The molecule has 1 heterocycles. The van der Waals surface area contributed by atoms with Gasteiger partial charge in [-0.1, -0.05) is 0 Å². The first-order valence-electron chi connectivity index (χ1n) is 5.76. The van der Waals surface area contributed by atoms with Crippen LogP contribution in [0.3, 0.4) is 0 Å². The highest BCUT2D eigenvalue weighted by atomic mass is 79.9. The fourth-order valence-electron chi connectivity index (χ4n) is 2.10. The second-order valence-electron chi connectivity index (χ2n) is 4.64. The Bertz CT molecular complexity index is 614. The van der Waals surface area contributed by atoms with E-state index in [1.165, 1.54) is 11.0 Å². The van der Waals surface area contributed by atoms with Crippen LogP contribution in [0.2, 0.25) is 0 Å². The van der Waals surface area contributed by atoms with E-state index in [0.29, 0.717) is 16.5 Å². The lowest BCUT2D eigenvalue weighted by Gasteiger charge is -2.23. The zero-order valence-corrected chi connectivity index (χ0v) is 12.7. The highest BCUT2D eigenvalue weighted by Gasteiger charge is 2.33. The summed E-state index contributed by atoms with van der Waals surface area (Å²) in [6.07, 6.45) is 0.465. The van der Waals surface area contributed by atoms with Gasteiger partial charge >= 0.3 is 0 Å². The molecule has 1 atom stereocenters. The number of hydrogen-bond donors (Lipinski definition) is 1. The Morgan fingerprint density at radius 2 is 2.16 bits per heavy atom. The summed E-state index contributed by atoms with van der Waals surface area (Å²) in [5.74, 6) is -0.165. The molecule has 1 fully saturated rings. The zero-order chi connectivity index (χ0) is 14.2. The summed E-state index contributed by atoms with van der Waals surface area (Å²) in [7, 11) is -1.43. The first-order valence-corrected chi connectivity index (χ1v) is 8.38. The highest BCUT2D eigenvalue weighted by molar-refractivity contribution is 9.10. The first kappa shape index (κ1) is 14.3. The third-order valence-corrected chi connectivity index (χ3v) is 5.69. The highest BCUT2D eigenvalue weighted by Crippen LogP contribution is 2.26. The molecule has 1 amide bonds. The fourth-order valence-corrected chi connectivity index (χ4v) is 4.12. The van der Waals surface area contributed by atoms with Crippen LogP contribution in [0.1, 0.15) is 16.8 Å². The largest absolute Gasteiger partial charge is 0.507 e. The number of nitrogens with zero attached hydrogens (tertiary/aromatic N) is 1. The van der Waals surface area contributed by atoms with Gasteiger partial charge in [0.05, 0.1) is 16.0 Å². The van der Waals surface area contributed by atoms with Gasteiger partial charge in [-0.05, 0) is 40.5 Å². The Balaban J connectivity index is 2.17. The van der Waals surface area contributed by atoms with Gasteiger partial charge in [-0.15, -0.1) is 0 Å². The number of benzene rings is 1. The van der Waals surface area contributed by atoms with E-state index in [0.717, 1.165) is 0 Å². The molecule has 0 bridgehead atoms. The molecule has 1 aliphatic rings. The van der Waals surface area contributed by atoms with Crippen molar-refractivity contribution in [1.29, 1.82) is 0 Å². The maximum absolute atomic E-state index is 12.2. The third kappa shape index (κ3) is 3.09. The van der Waals surface area contributed by atoms with E-state index in [4.69, 9.17) is 0 Å². The molecule has 0 aromatic heterocycles. The molecule has 1 unspecified atom stereocenters. The van der Waals surface area contributed by atoms with Crippen molar-refractivity contribution >= 4 is 31.7 Å². The lowest BCUT2D eigenvalue weighted by molar-refractivity contribution is 0.0747. The standard InChI is InChI=1S/C12H14BrNO4S/c1-14(9-4-5-19(17,18)7-9)12(16)8-2-3-10(13)11(15)6-8/h2-3,6,9,15H,4-5,7H2,1H3. The summed E-state index contributed by atoms with van der Waals surface area (Å²) in [5.41, 5.74) is 0.340. The molecular formula is C12H14BrNO4S. The summed E-state index contributed by atoms with van der Waals surface area (Å²) >= 11 is 3.14. The molecule has 1 saturated heterocycles. The Labute approximate surface area is 120 Å². The number of carbonyl (C=O) groups is 1. The number of amides is 1. The zero-order valence-electron chi connectivity index (χ0n) is 10.3. The quantitative estimate of drug-likeness (QED) is 0.877. The maximum Gasteiger partial charge on any atom is 0.254 e. The van der Waals surface area contributed by atoms with Crippen LogP contribution in [0.4, 0.5) is 0 Å². The summed E-state index contributed by atoms with van der Waals surface area (Å²) in [6, 6.07) is 4.25. The fraction of sp³-hybridized carbons (Fsp3) is 0.417. The second-order valence-corrected chi connectivity index (χ2v) is 7.72. The number of sulfone groups is 1. The molecule has 1 N–H and O–H groups in total. The van der Waals surface area contributed by atoms with Crippen molar-refractivity contribution < 1.29 is 18.3 Å². The smallest absolute Gasteiger partial charge is 0.254 e. The normalized spacial score (nSPS) is 21.3. The molecule has 19 heavy (non-hydrogen) atoms. The van der Waals surface area contributed by atoms with E-state index < -0.39 is 9.84 Å². The van der Waals surface area contributed by atoms with Gasteiger partial charge in [-0.2, -0.15) is 0 Å². The van der Waals surface area contributed by atoms with Gasteiger partial charge in [0.2, 0.25) is 0 Å². The molecule has 0 radical (unpaired) electrons. The number of aromatic hydroxyl groups is 1. The van der Waals surface area contributed by atoms with E-state index in [1.54, 1.807) is 19.2 Å². The van der Waals surface area contributed by atoms with Gasteiger partial charge in [0.15, 0.2) is 9.84 Å². The average molecular weight is 348 g/mol. The summed E-state index contributed by atoms with van der Waals surface area (Å²) in [4.78, 5) is 13.6. The Kier molecular flexibility index (Phi) is 3.87. The van der Waals surface area contributed by atoms with Gasteiger partial charge in [-0.25, -0.2) is 8.42 Å². The van der Waals surface area contributed by atoms with Gasteiger partial charge in [0.1, 0.15) is 5.75 Å². The minimum absolute atomic E-state index is 0.0117. The van der Waals surface area contributed by atoms with E-state index in [1.807, 2.05) is 0 Å². The van der Waals surface area contributed by atoms with Gasteiger partial charge < -0.3 is 10.0 Å². The number of phenolic OH excluding ortho intramolecular Hbond substituents is 1. The van der Waals surface area contributed by atoms with Crippen molar-refractivity contribution in [2.75, 3.05) is 18.6 Å². The molecule has 2 rings (SSSR count). The van der Waals surface area contributed by atoms with Crippen molar-refractivity contribution in [2.45, 2.75) is 12.5 Å². The molecular weight excluding hydrogens is 334 g/mol. The van der Waals surface area contributed by atoms with Crippen molar-refractivity contribution in [3.05, 3.63) is 28.2 Å². The number of carbonyl (C=O) groups excluding carboxylic acids is 1. The predicted molar refractivity (Wildman–Crippen MR) is 75.0 cm³/mol. The van der Waals surface area contributed by atoms with Crippen LogP contribution in [-0.4, -0.2) is 48.9 Å². The van der Waals surface area contributed by atoms with Crippen LogP contribution in [0.5, 0.6) is 5.75 Å². The van der Waals surface area contributed by atoms with Gasteiger partial charge in [0.25, 0.3) is 5.91 Å². The molecule has 7 heteroatoms. The van der Waals surface area contributed by atoms with E-state index >= 15 is 0 Å².